The first-order valence-corrected chi connectivity index (χ1v) is 7.56. The van der Waals surface area contributed by atoms with E-state index < -0.39 is 0 Å². The summed E-state index contributed by atoms with van der Waals surface area (Å²) in [6, 6.07) is 5.99. The molecule has 1 heterocycles. The lowest BCUT2D eigenvalue weighted by Crippen LogP contribution is -2.20. The van der Waals surface area contributed by atoms with Crippen molar-refractivity contribution in [3.63, 3.8) is 0 Å². The number of fused-ring (bicyclic) bond motifs is 3. The Hall–Kier alpha value is -2.54. The van der Waals surface area contributed by atoms with Gasteiger partial charge in [0.2, 0.25) is 5.91 Å². The molecule has 22 heavy (non-hydrogen) atoms. The number of Topliss-reactive ketones (excluding diaryl/α,β-unsaturated/α-hetero) is 1. The molecule has 3 rings (SSSR count). The molecule has 0 saturated heterocycles. The molecule has 0 aliphatic heterocycles. The van der Waals surface area contributed by atoms with Crippen molar-refractivity contribution < 1.29 is 9.59 Å². The Morgan fingerprint density at radius 1 is 1.36 bits per heavy atom. The summed E-state index contributed by atoms with van der Waals surface area (Å²) in [4.78, 5) is 25.9. The Morgan fingerprint density at radius 2 is 2.23 bits per heavy atom. The molecule has 2 aromatic rings. The zero-order valence-electron chi connectivity index (χ0n) is 12.6. The standard InChI is InChI=1S/C18H18N2O2/c1-12(21)19-10-3-2-5-13-8-9-16-15(11-13)14-6-4-7-17(22)18(14)20-16/h8-9,11,20H,3-4,6-7,10H2,1H3,(H,19,21). The topological polar surface area (TPSA) is 62.0 Å². The molecule has 0 unspecified atom stereocenters. The Kier molecular flexibility index (Phi) is 3.97. The van der Waals surface area contributed by atoms with Crippen molar-refractivity contribution in [2.75, 3.05) is 6.54 Å². The van der Waals surface area contributed by atoms with Crippen LogP contribution in [0.4, 0.5) is 0 Å². The van der Waals surface area contributed by atoms with Crippen molar-refractivity contribution in [2.45, 2.75) is 32.6 Å². The highest BCUT2D eigenvalue weighted by Gasteiger charge is 2.21. The van der Waals surface area contributed by atoms with E-state index in [0.29, 0.717) is 19.4 Å². The summed E-state index contributed by atoms with van der Waals surface area (Å²) in [5.74, 6) is 6.35. The fourth-order valence-electron chi connectivity index (χ4n) is 2.84. The lowest BCUT2D eigenvalue weighted by molar-refractivity contribution is -0.118. The van der Waals surface area contributed by atoms with E-state index in [1.54, 1.807) is 0 Å². The molecular formula is C18H18N2O2. The van der Waals surface area contributed by atoms with E-state index in [2.05, 4.69) is 28.2 Å². The maximum Gasteiger partial charge on any atom is 0.216 e. The number of ketones is 1. The second-order valence-corrected chi connectivity index (χ2v) is 5.55. The first kappa shape index (κ1) is 14.4. The van der Waals surface area contributed by atoms with Crippen molar-refractivity contribution in [1.29, 1.82) is 0 Å². The van der Waals surface area contributed by atoms with Crippen molar-refractivity contribution in [3.05, 3.63) is 35.0 Å². The summed E-state index contributed by atoms with van der Waals surface area (Å²) in [5, 5.41) is 3.83. The van der Waals surface area contributed by atoms with Gasteiger partial charge in [-0.05, 0) is 36.6 Å². The van der Waals surface area contributed by atoms with Crippen molar-refractivity contribution in [3.8, 4) is 11.8 Å². The Morgan fingerprint density at radius 3 is 3.05 bits per heavy atom. The SMILES string of the molecule is CC(=O)NCCC#Cc1ccc2[nH]c3c(c2c1)CCCC3=O. The molecule has 1 amide bonds. The number of hydrogen-bond donors (Lipinski definition) is 2. The zero-order chi connectivity index (χ0) is 15.5. The number of carbonyl (C=O) groups excluding carboxylic acids is 2. The third-order valence-electron chi connectivity index (χ3n) is 3.87. The second-order valence-electron chi connectivity index (χ2n) is 5.55. The van der Waals surface area contributed by atoms with Gasteiger partial charge in [-0.1, -0.05) is 11.8 Å². The molecule has 0 fully saturated rings. The minimum atomic E-state index is -0.0353. The third-order valence-corrected chi connectivity index (χ3v) is 3.87. The molecule has 0 radical (unpaired) electrons. The van der Waals surface area contributed by atoms with Crippen LogP contribution in [0.15, 0.2) is 18.2 Å². The number of aromatic nitrogens is 1. The molecule has 0 saturated carbocycles. The van der Waals surface area contributed by atoms with Crippen molar-refractivity contribution >= 4 is 22.6 Å². The largest absolute Gasteiger partial charge is 0.355 e. The van der Waals surface area contributed by atoms with Gasteiger partial charge in [-0.15, -0.1) is 0 Å². The molecule has 0 bridgehead atoms. The number of hydrogen-bond acceptors (Lipinski definition) is 2. The molecule has 0 spiro atoms. The van der Waals surface area contributed by atoms with E-state index in [1.807, 2.05) is 12.1 Å². The average molecular weight is 294 g/mol. The van der Waals surface area contributed by atoms with Gasteiger partial charge in [-0.3, -0.25) is 9.59 Å². The fraction of sp³-hybridized carbons (Fsp3) is 0.333. The monoisotopic (exact) mass is 294 g/mol. The highest BCUT2D eigenvalue weighted by molar-refractivity contribution is 6.03. The maximum absolute atomic E-state index is 11.9. The van der Waals surface area contributed by atoms with Gasteiger partial charge < -0.3 is 10.3 Å². The lowest BCUT2D eigenvalue weighted by Gasteiger charge is -2.09. The van der Waals surface area contributed by atoms with Crippen molar-refractivity contribution in [2.24, 2.45) is 0 Å². The highest BCUT2D eigenvalue weighted by Crippen LogP contribution is 2.29. The van der Waals surface area contributed by atoms with Gasteiger partial charge in [-0.2, -0.15) is 0 Å². The van der Waals surface area contributed by atoms with Crippen LogP contribution in [0.1, 0.15) is 47.8 Å². The van der Waals surface area contributed by atoms with E-state index in [0.717, 1.165) is 40.6 Å². The van der Waals surface area contributed by atoms with Gasteiger partial charge in [0.05, 0.1) is 5.69 Å². The molecule has 2 N–H and O–H groups in total. The molecule has 4 nitrogen and oxygen atoms in total. The molecule has 1 aliphatic rings. The van der Waals surface area contributed by atoms with E-state index in [1.165, 1.54) is 6.92 Å². The van der Waals surface area contributed by atoms with Crippen LogP contribution in [0, 0.1) is 11.8 Å². The summed E-state index contributed by atoms with van der Waals surface area (Å²) in [6.45, 7) is 2.07. The van der Waals surface area contributed by atoms with E-state index in [9.17, 15) is 9.59 Å². The van der Waals surface area contributed by atoms with Crippen LogP contribution >= 0.6 is 0 Å². The van der Waals surface area contributed by atoms with Crippen LogP contribution in [-0.4, -0.2) is 23.2 Å². The predicted octanol–water partition coefficient (Wildman–Crippen LogP) is 2.56. The smallest absolute Gasteiger partial charge is 0.216 e. The number of rotatable bonds is 2. The number of nitrogens with one attached hydrogen (secondary N) is 2. The average Bonchev–Trinajstić information content (AvgIpc) is 2.86. The molecule has 1 aliphatic carbocycles. The quantitative estimate of drug-likeness (QED) is 0.660. The van der Waals surface area contributed by atoms with Gasteiger partial charge >= 0.3 is 0 Å². The summed E-state index contributed by atoms with van der Waals surface area (Å²) in [7, 11) is 0. The van der Waals surface area contributed by atoms with Crippen LogP contribution in [0.5, 0.6) is 0 Å². The maximum atomic E-state index is 11.9. The molecular weight excluding hydrogens is 276 g/mol. The lowest BCUT2D eigenvalue weighted by atomic mass is 9.94. The van der Waals surface area contributed by atoms with Crippen LogP contribution < -0.4 is 5.32 Å². The minimum Gasteiger partial charge on any atom is -0.355 e. The summed E-state index contributed by atoms with van der Waals surface area (Å²) < 4.78 is 0. The minimum absolute atomic E-state index is 0.0353. The van der Waals surface area contributed by atoms with E-state index in [4.69, 9.17) is 0 Å². The normalized spacial score (nSPS) is 13.4. The predicted molar refractivity (Wildman–Crippen MR) is 85.7 cm³/mol. The number of aromatic amines is 1. The van der Waals surface area contributed by atoms with Gasteiger partial charge in [0.15, 0.2) is 5.78 Å². The van der Waals surface area contributed by atoms with Crippen molar-refractivity contribution in [1.82, 2.24) is 10.3 Å². The first-order valence-electron chi connectivity index (χ1n) is 7.56. The molecule has 4 heteroatoms. The number of aryl methyl sites for hydroxylation is 1. The fourth-order valence-corrected chi connectivity index (χ4v) is 2.84. The molecule has 1 aromatic carbocycles. The Bertz CT molecular complexity index is 806. The van der Waals surface area contributed by atoms with Gasteiger partial charge in [0, 0.05) is 42.8 Å². The molecule has 0 atom stereocenters. The number of carbonyl (C=O) groups is 2. The third kappa shape index (κ3) is 2.89. The Balaban J connectivity index is 1.82. The van der Waals surface area contributed by atoms with Crippen LogP contribution in [-0.2, 0) is 11.2 Å². The van der Waals surface area contributed by atoms with Crippen LogP contribution in [0.3, 0.4) is 0 Å². The first-order chi connectivity index (χ1) is 10.6. The number of amides is 1. The van der Waals surface area contributed by atoms with E-state index >= 15 is 0 Å². The van der Waals surface area contributed by atoms with Crippen LogP contribution in [0.2, 0.25) is 0 Å². The summed E-state index contributed by atoms with van der Waals surface area (Å²) in [5.41, 5.74) is 3.85. The van der Waals surface area contributed by atoms with Gasteiger partial charge in [0.25, 0.3) is 0 Å². The molecule has 112 valence electrons. The van der Waals surface area contributed by atoms with Crippen LogP contribution in [0.25, 0.3) is 10.9 Å². The summed E-state index contributed by atoms with van der Waals surface area (Å²) >= 11 is 0. The number of H-pyrrole nitrogens is 1. The highest BCUT2D eigenvalue weighted by atomic mass is 16.1. The zero-order valence-corrected chi connectivity index (χ0v) is 12.6. The van der Waals surface area contributed by atoms with Gasteiger partial charge in [-0.25, -0.2) is 0 Å². The summed E-state index contributed by atoms with van der Waals surface area (Å²) in [6.07, 6.45) is 3.13. The van der Waals surface area contributed by atoms with E-state index in [-0.39, 0.29) is 11.7 Å². The second kappa shape index (κ2) is 6.07. The Labute approximate surface area is 129 Å². The van der Waals surface area contributed by atoms with Gasteiger partial charge in [0.1, 0.15) is 0 Å². The number of benzene rings is 1. The molecule has 1 aromatic heterocycles.